The standard InChI is InChI=1S/C19H15NO/c1-2-15-16-12-11-13-7-6-10-17(18(13)15)20(19(16)21)14-8-4-3-5-9-14/h3-12H,2H2,1H3. The van der Waals surface area contributed by atoms with E-state index in [-0.39, 0.29) is 5.56 Å². The Labute approximate surface area is 122 Å². The van der Waals surface area contributed by atoms with Crippen molar-refractivity contribution in [3.8, 4) is 5.69 Å². The molecule has 0 radical (unpaired) electrons. The molecule has 4 rings (SSSR count). The molecule has 2 nitrogen and oxygen atoms in total. The van der Waals surface area contributed by atoms with Crippen LogP contribution < -0.4 is 5.56 Å². The second kappa shape index (κ2) is 4.45. The molecule has 0 spiro atoms. The normalized spacial score (nSPS) is 11.5. The van der Waals surface area contributed by atoms with Crippen molar-refractivity contribution in [1.29, 1.82) is 0 Å². The maximum absolute atomic E-state index is 12.9. The average Bonchev–Trinajstić information content (AvgIpc) is 2.55. The summed E-state index contributed by atoms with van der Waals surface area (Å²) in [6.45, 7) is 2.11. The van der Waals surface area contributed by atoms with Gasteiger partial charge in [0.2, 0.25) is 0 Å². The van der Waals surface area contributed by atoms with Gasteiger partial charge in [0.1, 0.15) is 0 Å². The van der Waals surface area contributed by atoms with Gasteiger partial charge in [-0.3, -0.25) is 9.36 Å². The van der Waals surface area contributed by atoms with Crippen molar-refractivity contribution >= 4 is 21.7 Å². The van der Waals surface area contributed by atoms with Gasteiger partial charge >= 0.3 is 0 Å². The van der Waals surface area contributed by atoms with Crippen molar-refractivity contribution < 1.29 is 0 Å². The molecule has 21 heavy (non-hydrogen) atoms. The van der Waals surface area contributed by atoms with E-state index in [2.05, 4.69) is 13.0 Å². The van der Waals surface area contributed by atoms with Gasteiger partial charge in [-0.1, -0.05) is 43.3 Å². The first kappa shape index (κ1) is 12.2. The average molecular weight is 273 g/mol. The third-order valence-corrected chi connectivity index (χ3v) is 4.17. The quantitative estimate of drug-likeness (QED) is 0.538. The first-order valence-corrected chi connectivity index (χ1v) is 7.25. The Hall–Kier alpha value is -2.61. The van der Waals surface area contributed by atoms with Crippen molar-refractivity contribution in [1.82, 2.24) is 4.57 Å². The van der Waals surface area contributed by atoms with E-state index in [1.165, 1.54) is 16.3 Å². The van der Waals surface area contributed by atoms with Crippen molar-refractivity contribution in [3.63, 3.8) is 0 Å². The van der Waals surface area contributed by atoms with Gasteiger partial charge in [-0.2, -0.15) is 0 Å². The predicted molar refractivity (Wildman–Crippen MR) is 87.6 cm³/mol. The Balaban J connectivity index is 2.28. The molecular formula is C19H15NO. The lowest BCUT2D eigenvalue weighted by atomic mass is 9.96. The molecule has 2 bridgehead atoms. The van der Waals surface area contributed by atoms with Gasteiger partial charge in [0, 0.05) is 16.5 Å². The van der Waals surface area contributed by atoms with Gasteiger partial charge in [-0.25, -0.2) is 0 Å². The number of hydrogen-bond donors (Lipinski definition) is 0. The van der Waals surface area contributed by atoms with Crippen LogP contribution in [0.4, 0.5) is 0 Å². The summed E-state index contributed by atoms with van der Waals surface area (Å²) in [5.74, 6) is 0. The monoisotopic (exact) mass is 273 g/mol. The molecule has 0 atom stereocenters. The van der Waals surface area contributed by atoms with E-state index in [1.807, 2.05) is 59.2 Å². The van der Waals surface area contributed by atoms with Crippen molar-refractivity contribution in [2.75, 3.05) is 0 Å². The molecule has 0 amide bonds. The second-order valence-electron chi connectivity index (χ2n) is 5.30. The molecule has 102 valence electrons. The number of para-hydroxylation sites is 1. The van der Waals surface area contributed by atoms with Crippen LogP contribution in [0, 0.1) is 0 Å². The molecule has 0 aliphatic heterocycles. The van der Waals surface area contributed by atoms with Gasteiger partial charge in [0.25, 0.3) is 5.56 Å². The van der Waals surface area contributed by atoms with Crippen LogP contribution in [0.2, 0.25) is 0 Å². The number of aryl methyl sites for hydroxylation is 1. The molecule has 1 aromatic heterocycles. The minimum absolute atomic E-state index is 0.0682. The summed E-state index contributed by atoms with van der Waals surface area (Å²) in [5.41, 5.74) is 3.15. The maximum Gasteiger partial charge on any atom is 0.263 e. The number of rotatable bonds is 2. The summed E-state index contributed by atoms with van der Waals surface area (Å²) in [7, 11) is 0. The largest absolute Gasteiger partial charge is 0.276 e. The van der Waals surface area contributed by atoms with Gasteiger partial charge in [-0.15, -0.1) is 0 Å². The maximum atomic E-state index is 12.9. The molecule has 0 aliphatic carbocycles. The highest BCUT2D eigenvalue weighted by molar-refractivity contribution is 6.04. The van der Waals surface area contributed by atoms with Crippen molar-refractivity contribution in [2.45, 2.75) is 13.3 Å². The number of nitrogens with zero attached hydrogens (tertiary/aromatic N) is 1. The predicted octanol–water partition coefficient (Wildman–Crippen LogP) is 4.14. The lowest BCUT2D eigenvalue weighted by molar-refractivity contribution is 1.04. The van der Waals surface area contributed by atoms with Crippen LogP contribution in [0.1, 0.15) is 12.5 Å². The third-order valence-electron chi connectivity index (χ3n) is 4.17. The highest BCUT2D eigenvalue weighted by Crippen LogP contribution is 2.29. The number of pyridine rings is 1. The molecule has 0 N–H and O–H groups in total. The molecular weight excluding hydrogens is 258 g/mol. The van der Waals surface area contributed by atoms with Gasteiger partial charge in [-0.05, 0) is 41.6 Å². The zero-order valence-corrected chi connectivity index (χ0v) is 11.8. The third kappa shape index (κ3) is 1.62. The number of benzene rings is 3. The van der Waals surface area contributed by atoms with E-state index in [0.29, 0.717) is 0 Å². The molecule has 0 saturated carbocycles. The van der Waals surface area contributed by atoms with E-state index in [1.54, 1.807) is 0 Å². The van der Waals surface area contributed by atoms with E-state index in [4.69, 9.17) is 0 Å². The molecule has 0 fully saturated rings. The first-order chi connectivity index (χ1) is 10.3. The number of hydrogen-bond acceptors (Lipinski definition) is 1. The van der Waals surface area contributed by atoms with Crippen molar-refractivity contribution in [2.24, 2.45) is 0 Å². The molecule has 0 aliphatic rings. The molecule has 1 heterocycles. The zero-order chi connectivity index (χ0) is 14.4. The van der Waals surface area contributed by atoms with E-state index >= 15 is 0 Å². The van der Waals surface area contributed by atoms with Gasteiger partial charge in [0.15, 0.2) is 0 Å². The van der Waals surface area contributed by atoms with Crippen LogP contribution in [0.5, 0.6) is 0 Å². The summed E-state index contributed by atoms with van der Waals surface area (Å²) in [6.07, 6.45) is 0.873. The van der Waals surface area contributed by atoms with Crippen LogP contribution in [-0.2, 0) is 6.42 Å². The Morgan fingerprint density at radius 2 is 1.71 bits per heavy atom. The summed E-state index contributed by atoms with van der Waals surface area (Å²) < 4.78 is 1.83. The molecule has 0 unspecified atom stereocenters. The van der Waals surface area contributed by atoms with Gasteiger partial charge in [0.05, 0.1) is 5.52 Å². The van der Waals surface area contributed by atoms with E-state index in [9.17, 15) is 4.79 Å². The summed E-state index contributed by atoms with van der Waals surface area (Å²) in [4.78, 5) is 12.9. The number of fused-ring (bicyclic) bond motifs is 1. The zero-order valence-electron chi connectivity index (χ0n) is 11.8. The summed E-state index contributed by atoms with van der Waals surface area (Å²) in [5, 5.41) is 3.23. The highest BCUT2D eigenvalue weighted by atomic mass is 16.1. The van der Waals surface area contributed by atoms with Crippen LogP contribution in [0.15, 0.2) is 65.5 Å². The van der Waals surface area contributed by atoms with E-state index in [0.717, 1.165) is 23.0 Å². The lowest BCUT2D eigenvalue weighted by Crippen LogP contribution is -2.21. The topological polar surface area (TPSA) is 22.0 Å². The first-order valence-electron chi connectivity index (χ1n) is 7.25. The Morgan fingerprint density at radius 1 is 0.905 bits per heavy atom. The molecule has 2 heteroatoms. The van der Waals surface area contributed by atoms with Crippen molar-refractivity contribution in [3.05, 3.63) is 76.6 Å². The molecule has 0 saturated heterocycles. The van der Waals surface area contributed by atoms with E-state index < -0.39 is 0 Å². The van der Waals surface area contributed by atoms with Crippen LogP contribution >= 0.6 is 0 Å². The fraction of sp³-hybridized carbons (Fsp3) is 0.105. The minimum atomic E-state index is 0.0682. The fourth-order valence-electron chi connectivity index (χ4n) is 3.25. The van der Waals surface area contributed by atoms with Crippen LogP contribution in [0.3, 0.4) is 0 Å². The summed E-state index contributed by atoms with van der Waals surface area (Å²) in [6, 6.07) is 20.0. The number of aromatic nitrogens is 1. The highest BCUT2D eigenvalue weighted by Gasteiger charge is 2.15. The minimum Gasteiger partial charge on any atom is -0.276 e. The smallest absolute Gasteiger partial charge is 0.263 e. The molecule has 4 aromatic rings. The second-order valence-corrected chi connectivity index (χ2v) is 5.30. The Bertz CT molecular complexity index is 983. The fourth-order valence-corrected chi connectivity index (χ4v) is 3.25. The Morgan fingerprint density at radius 3 is 2.48 bits per heavy atom. The SMILES string of the molecule is CCc1c2ccc3cccc(c13)n(-c1ccccc1)c2=O. The summed E-state index contributed by atoms with van der Waals surface area (Å²) >= 11 is 0. The van der Waals surface area contributed by atoms with Crippen LogP contribution in [-0.4, -0.2) is 4.57 Å². The van der Waals surface area contributed by atoms with Gasteiger partial charge < -0.3 is 0 Å². The Kier molecular flexibility index (Phi) is 2.58. The van der Waals surface area contributed by atoms with Crippen LogP contribution in [0.25, 0.3) is 27.4 Å². The molecule has 3 aromatic carbocycles. The lowest BCUT2D eigenvalue weighted by Gasteiger charge is -2.17.